The first-order chi connectivity index (χ1) is 7.40. The van der Waals surface area contributed by atoms with Crippen molar-refractivity contribution in [3.8, 4) is 0 Å². The number of carbonyl (C=O) groups excluding carboxylic acids is 2. The second-order valence-corrected chi connectivity index (χ2v) is 5.09. The predicted molar refractivity (Wildman–Crippen MR) is 68.0 cm³/mol. The predicted octanol–water partition coefficient (Wildman–Crippen LogP) is 1.82. The topological polar surface area (TPSA) is 72.2 Å². The van der Waals surface area contributed by atoms with Crippen LogP contribution in [0.4, 0.5) is 0 Å². The lowest BCUT2D eigenvalue weighted by molar-refractivity contribution is -0.119. The highest BCUT2D eigenvalue weighted by atomic mass is 79.9. The molecule has 3 N–H and O–H groups in total. The van der Waals surface area contributed by atoms with Gasteiger partial charge in [0.1, 0.15) is 6.04 Å². The molecule has 0 aromatic heterocycles. The number of rotatable bonds is 3. The van der Waals surface area contributed by atoms with Crippen LogP contribution in [-0.2, 0) is 4.79 Å². The summed E-state index contributed by atoms with van der Waals surface area (Å²) in [7, 11) is 0. The molecule has 0 bridgehead atoms. The molecule has 1 atom stereocenters. The van der Waals surface area contributed by atoms with Crippen molar-refractivity contribution in [2.75, 3.05) is 0 Å². The summed E-state index contributed by atoms with van der Waals surface area (Å²) in [6.07, 6.45) is 0. The van der Waals surface area contributed by atoms with Gasteiger partial charge in [0.05, 0.1) is 0 Å². The van der Waals surface area contributed by atoms with Crippen LogP contribution in [0.2, 0.25) is 0 Å². The second-order valence-electron chi connectivity index (χ2n) is 3.26. The minimum absolute atomic E-state index is 0.340. The fraction of sp³-hybridized carbons (Fsp3) is 0.200. The van der Waals surface area contributed by atoms with Crippen LogP contribution in [0.3, 0.4) is 0 Å². The lowest BCUT2D eigenvalue weighted by Crippen LogP contribution is -2.42. The minimum Gasteiger partial charge on any atom is -0.368 e. The average molecular weight is 350 g/mol. The van der Waals surface area contributed by atoms with E-state index in [1.807, 2.05) is 6.07 Å². The molecular formula is C10H10Br2N2O2. The molecule has 1 unspecified atom stereocenters. The van der Waals surface area contributed by atoms with Crippen LogP contribution >= 0.6 is 31.9 Å². The summed E-state index contributed by atoms with van der Waals surface area (Å²) in [4.78, 5) is 22.5. The van der Waals surface area contributed by atoms with Crippen molar-refractivity contribution < 1.29 is 9.59 Å². The number of amides is 2. The van der Waals surface area contributed by atoms with E-state index in [1.54, 1.807) is 12.1 Å². The van der Waals surface area contributed by atoms with E-state index >= 15 is 0 Å². The van der Waals surface area contributed by atoms with Gasteiger partial charge in [0.25, 0.3) is 5.91 Å². The highest BCUT2D eigenvalue weighted by molar-refractivity contribution is 9.11. The molecule has 0 saturated heterocycles. The van der Waals surface area contributed by atoms with Gasteiger partial charge in [-0.05, 0) is 25.1 Å². The van der Waals surface area contributed by atoms with Crippen molar-refractivity contribution >= 4 is 43.7 Å². The zero-order valence-corrected chi connectivity index (χ0v) is 11.6. The highest BCUT2D eigenvalue weighted by Gasteiger charge is 2.14. The molecule has 1 aromatic carbocycles. The molecule has 4 nitrogen and oxygen atoms in total. The van der Waals surface area contributed by atoms with E-state index in [0.29, 0.717) is 5.56 Å². The van der Waals surface area contributed by atoms with Crippen molar-refractivity contribution in [2.45, 2.75) is 13.0 Å². The van der Waals surface area contributed by atoms with Crippen LogP contribution in [0.1, 0.15) is 17.3 Å². The van der Waals surface area contributed by atoms with Gasteiger partial charge in [-0.25, -0.2) is 0 Å². The number of hydrogen-bond donors (Lipinski definition) is 2. The molecule has 0 heterocycles. The van der Waals surface area contributed by atoms with Crippen molar-refractivity contribution in [1.82, 2.24) is 5.32 Å². The number of primary amides is 1. The van der Waals surface area contributed by atoms with Crippen LogP contribution in [0.15, 0.2) is 27.1 Å². The number of nitrogens with two attached hydrogens (primary N) is 1. The summed E-state index contributed by atoms with van der Waals surface area (Å²) in [6, 6.07) is 4.45. The molecule has 0 saturated carbocycles. The quantitative estimate of drug-likeness (QED) is 0.873. The Hall–Kier alpha value is -0.880. The molecule has 1 aromatic rings. The highest BCUT2D eigenvalue weighted by Crippen LogP contribution is 2.20. The fourth-order valence-electron chi connectivity index (χ4n) is 1.04. The van der Waals surface area contributed by atoms with Gasteiger partial charge in [0.2, 0.25) is 5.91 Å². The third-order valence-corrected chi connectivity index (χ3v) is 2.81. The van der Waals surface area contributed by atoms with Crippen LogP contribution < -0.4 is 11.1 Å². The third-order valence-electron chi connectivity index (χ3n) is 1.90. The van der Waals surface area contributed by atoms with Gasteiger partial charge < -0.3 is 11.1 Å². The molecule has 6 heteroatoms. The zero-order valence-electron chi connectivity index (χ0n) is 8.46. The van der Waals surface area contributed by atoms with Crippen molar-refractivity contribution in [3.05, 3.63) is 32.7 Å². The van der Waals surface area contributed by atoms with E-state index < -0.39 is 11.9 Å². The van der Waals surface area contributed by atoms with Gasteiger partial charge in [-0.1, -0.05) is 31.9 Å². The Morgan fingerprint density at radius 3 is 2.19 bits per heavy atom. The largest absolute Gasteiger partial charge is 0.368 e. The van der Waals surface area contributed by atoms with E-state index in [0.717, 1.165) is 8.95 Å². The standard InChI is InChI=1S/C10H10Br2N2O2/c1-5(9(13)15)14-10(16)6-2-7(11)4-8(12)3-6/h2-5H,1H3,(H2,13,15)(H,14,16). The molecule has 0 aliphatic heterocycles. The third kappa shape index (κ3) is 3.61. The van der Waals surface area contributed by atoms with E-state index in [-0.39, 0.29) is 5.91 Å². The normalized spacial score (nSPS) is 11.9. The van der Waals surface area contributed by atoms with Crippen LogP contribution in [-0.4, -0.2) is 17.9 Å². The van der Waals surface area contributed by atoms with E-state index in [2.05, 4.69) is 37.2 Å². The molecule has 1 rings (SSSR count). The van der Waals surface area contributed by atoms with Gasteiger partial charge in [-0.15, -0.1) is 0 Å². The number of halogens is 2. The van der Waals surface area contributed by atoms with Crippen LogP contribution in [0, 0.1) is 0 Å². The molecule has 0 aliphatic rings. The van der Waals surface area contributed by atoms with E-state index in [9.17, 15) is 9.59 Å². The van der Waals surface area contributed by atoms with Crippen molar-refractivity contribution in [1.29, 1.82) is 0 Å². The molecule has 0 radical (unpaired) electrons. The summed E-state index contributed by atoms with van der Waals surface area (Å²) in [5, 5.41) is 2.49. The van der Waals surface area contributed by atoms with Gasteiger partial charge in [-0.3, -0.25) is 9.59 Å². The molecule has 0 spiro atoms. The number of benzene rings is 1. The lowest BCUT2D eigenvalue weighted by Gasteiger charge is -2.10. The Labute approximate surface area is 110 Å². The first-order valence-corrected chi connectivity index (χ1v) is 6.05. The Morgan fingerprint density at radius 1 is 1.25 bits per heavy atom. The Balaban J connectivity index is 2.84. The maximum atomic E-state index is 11.7. The summed E-state index contributed by atoms with van der Waals surface area (Å²) in [5.74, 6) is -0.907. The number of hydrogen-bond acceptors (Lipinski definition) is 2. The number of nitrogens with one attached hydrogen (secondary N) is 1. The Kier molecular flexibility index (Phi) is 4.49. The van der Waals surface area contributed by atoms with Crippen molar-refractivity contribution in [3.63, 3.8) is 0 Å². The SMILES string of the molecule is CC(NC(=O)c1cc(Br)cc(Br)c1)C(N)=O. The molecule has 0 fully saturated rings. The fourth-order valence-corrected chi connectivity index (χ4v) is 2.33. The lowest BCUT2D eigenvalue weighted by atomic mass is 10.2. The van der Waals surface area contributed by atoms with Gasteiger partial charge in [-0.2, -0.15) is 0 Å². The molecular weight excluding hydrogens is 340 g/mol. The van der Waals surface area contributed by atoms with Gasteiger partial charge >= 0.3 is 0 Å². The molecule has 16 heavy (non-hydrogen) atoms. The average Bonchev–Trinajstić information content (AvgIpc) is 2.15. The second kappa shape index (κ2) is 5.45. The monoisotopic (exact) mass is 348 g/mol. The number of carbonyl (C=O) groups is 2. The molecule has 2 amide bonds. The Morgan fingerprint density at radius 2 is 1.75 bits per heavy atom. The maximum Gasteiger partial charge on any atom is 0.251 e. The molecule has 86 valence electrons. The van der Waals surface area contributed by atoms with Gasteiger partial charge in [0.15, 0.2) is 0 Å². The van der Waals surface area contributed by atoms with Crippen LogP contribution in [0.5, 0.6) is 0 Å². The smallest absolute Gasteiger partial charge is 0.251 e. The summed E-state index contributed by atoms with van der Waals surface area (Å²) >= 11 is 6.55. The van der Waals surface area contributed by atoms with Crippen LogP contribution in [0.25, 0.3) is 0 Å². The van der Waals surface area contributed by atoms with Gasteiger partial charge in [0, 0.05) is 14.5 Å². The summed E-state index contributed by atoms with van der Waals surface area (Å²) < 4.78 is 1.55. The summed E-state index contributed by atoms with van der Waals surface area (Å²) in [6.45, 7) is 1.53. The Bertz CT molecular complexity index is 415. The van der Waals surface area contributed by atoms with E-state index in [1.165, 1.54) is 6.92 Å². The zero-order chi connectivity index (χ0) is 12.3. The minimum atomic E-state index is -0.690. The first kappa shape index (κ1) is 13.2. The molecule has 0 aliphatic carbocycles. The first-order valence-electron chi connectivity index (χ1n) is 4.46. The van der Waals surface area contributed by atoms with Crippen molar-refractivity contribution in [2.24, 2.45) is 5.73 Å². The summed E-state index contributed by atoms with van der Waals surface area (Å²) in [5.41, 5.74) is 5.50. The maximum absolute atomic E-state index is 11.7. The van der Waals surface area contributed by atoms with E-state index in [4.69, 9.17) is 5.73 Å².